The minimum atomic E-state index is 0.519. The fourth-order valence-electron chi connectivity index (χ4n) is 2.74. The molecule has 19 heavy (non-hydrogen) atoms. The van der Waals surface area contributed by atoms with Crippen molar-refractivity contribution < 1.29 is 0 Å². The molecule has 5 heteroatoms. The van der Waals surface area contributed by atoms with Crippen LogP contribution in [0.5, 0.6) is 0 Å². The number of H-pyrrole nitrogens is 1. The molecule has 0 aromatic carbocycles. The molecule has 1 aliphatic heterocycles. The lowest BCUT2D eigenvalue weighted by molar-refractivity contribution is 0.194. The highest BCUT2D eigenvalue weighted by Gasteiger charge is 2.22. The van der Waals surface area contributed by atoms with E-state index in [1.807, 2.05) is 31.6 Å². The fraction of sp³-hybridized carbons (Fsp3) is 0.500. The minimum absolute atomic E-state index is 0.519. The quantitative estimate of drug-likeness (QED) is 0.912. The zero-order chi connectivity index (χ0) is 13.1. The van der Waals surface area contributed by atoms with Crippen LogP contribution in [-0.4, -0.2) is 37.9 Å². The Balaban J connectivity index is 1.67. The molecule has 2 aromatic heterocycles. The Bertz CT molecular complexity index is 522. The number of likely N-dealkylation sites (tertiary alicyclic amines) is 1. The van der Waals surface area contributed by atoms with E-state index in [2.05, 4.69) is 24.8 Å². The SMILES string of the molecule is Cc1nccc([C@H]2CCCN(Cc3ncc[nH]3)C2)n1. The van der Waals surface area contributed by atoms with E-state index in [9.17, 15) is 0 Å². The van der Waals surface area contributed by atoms with Crippen molar-refractivity contribution >= 4 is 0 Å². The van der Waals surface area contributed by atoms with Crippen LogP contribution < -0.4 is 0 Å². The van der Waals surface area contributed by atoms with Crippen molar-refractivity contribution in [1.82, 2.24) is 24.8 Å². The normalized spacial score (nSPS) is 20.6. The summed E-state index contributed by atoms with van der Waals surface area (Å²) in [7, 11) is 0. The standard InChI is InChI=1S/C14H19N5/c1-11-15-5-4-13(18-11)12-3-2-8-19(9-12)10-14-16-6-7-17-14/h4-7,12H,2-3,8-10H2,1H3,(H,16,17)/t12-/m0/s1. The summed E-state index contributed by atoms with van der Waals surface area (Å²) in [5.74, 6) is 2.42. The lowest BCUT2D eigenvalue weighted by Gasteiger charge is -2.31. The van der Waals surface area contributed by atoms with Crippen LogP contribution in [0, 0.1) is 6.92 Å². The number of hydrogen-bond acceptors (Lipinski definition) is 4. The van der Waals surface area contributed by atoms with Gasteiger partial charge >= 0.3 is 0 Å². The van der Waals surface area contributed by atoms with Gasteiger partial charge in [0.05, 0.1) is 6.54 Å². The predicted molar refractivity (Wildman–Crippen MR) is 72.6 cm³/mol. The number of aryl methyl sites for hydroxylation is 1. The highest BCUT2D eigenvalue weighted by atomic mass is 15.2. The first kappa shape index (κ1) is 12.3. The van der Waals surface area contributed by atoms with Crippen molar-refractivity contribution in [2.24, 2.45) is 0 Å². The Morgan fingerprint density at radius 1 is 1.37 bits per heavy atom. The summed E-state index contributed by atoms with van der Waals surface area (Å²) in [6.45, 7) is 5.04. The van der Waals surface area contributed by atoms with Crippen molar-refractivity contribution in [3.8, 4) is 0 Å². The third-order valence-electron chi connectivity index (χ3n) is 3.65. The second kappa shape index (κ2) is 5.48. The first-order valence-corrected chi connectivity index (χ1v) is 6.81. The molecule has 0 aliphatic carbocycles. The molecule has 0 radical (unpaired) electrons. The maximum atomic E-state index is 4.57. The van der Waals surface area contributed by atoms with Crippen LogP contribution in [0.4, 0.5) is 0 Å². The molecule has 0 amide bonds. The topological polar surface area (TPSA) is 57.7 Å². The van der Waals surface area contributed by atoms with E-state index in [1.165, 1.54) is 18.5 Å². The predicted octanol–water partition coefficient (Wildman–Crippen LogP) is 1.89. The molecule has 0 unspecified atom stereocenters. The molecule has 0 bridgehead atoms. The zero-order valence-electron chi connectivity index (χ0n) is 11.2. The van der Waals surface area contributed by atoms with Crippen LogP contribution in [0.3, 0.4) is 0 Å². The fourth-order valence-corrected chi connectivity index (χ4v) is 2.74. The number of aromatic nitrogens is 4. The Morgan fingerprint density at radius 2 is 2.32 bits per heavy atom. The molecule has 3 heterocycles. The zero-order valence-corrected chi connectivity index (χ0v) is 11.2. The molecule has 5 nitrogen and oxygen atoms in total. The molecule has 1 fully saturated rings. The Kier molecular flexibility index (Phi) is 3.55. The monoisotopic (exact) mass is 257 g/mol. The van der Waals surface area contributed by atoms with Gasteiger partial charge in [-0.2, -0.15) is 0 Å². The number of nitrogens with one attached hydrogen (secondary N) is 1. The number of aromatic amines is 1. The van der Waals surface area contributed by atoms with Crippen LogP contribution in [0.15, 0.2) is 24.7 Å². The number of piperidine rings is 1. The lowest BCUT2D eigenvalue weighted by atomic mass is 9.94. The lowest BCUT2D eigenvalue weighted by Crippen LogP contribution is -2.34. The van der Waals surface area contributed by atoms with E-state index in [-0.39, 0.29) is 0 Å². The number of rotatable bonds is 3. The maximum absolute atomic E-state index is 4.57. The summed E-state index contributed by atoms with van der Waals surface area (Å²) >= 11 is 0. The minimum Gasteiger partial charge on any atom is -0.348 e. The van der Waals surface area contributed by atoms with Gasteiger partial charge in [0, 0.05) is 36.7 Å². The Labute approximate surface area is 113 Å². The van der Waals surface area contributed by atoms with Gasteiger partial charge in [-0.15, -0.1) is 0 Å². The summed E-state index contributed by atoms with van der Waals surface area (Å²) in [5, 5.41) is 0. The van der Waals surface area contributed by atoms with Crippen molar-refractivity contribution in [3.05, 3.63) is 42.0 Å². The molecule has 100 valence electrons. The Morgan fingerprint density at radius 3 is 3.11 bits per heavy atom. The number of nitrogens with zero attached hydrogens (tertiary/aromatic N) is 4. The van der Waals surface area contributed by atoms with E-state index in [0.29, 0.717) is 5.92 Å². The third kappa shape index (κ3) is 2.98. The van der Waals surface area contributed by atoms with Crippen LogP contribution >= 0.6 is 0 Å². The van der Waals surface area contributed by atoms with E-state index in [1.54, 1.807) is 0 Å². The van der Waals surface area contributed by atoms with Crippen molar-refractivity contribution in [3.63, 3.8) is 0 Å². The van der Waals surface area contributed by atoms with Crippen LogP contribution in [0.2, 0.25) is 0 Å². The third-order valence-corrected chi connectivity index (χ3v) is 3.65. The van der Waals surface area contributed by atoms with Crippen LogP contribution in [-0.2, 0) is 6.54 Å². The average molecular weight is 257 g/mol. The number of hydrogen-bond donors (Lipinski definition) is 1. The van der Waals surface area contributed by atoms with Crippen LogP contribution in [0.25, 0.3) is 0 Å². The molecular weight excluding hydrogens is 238 g/mol. The van der Waals surface area contributed by atoms with Gasteiger partial charge in [-0.3, -0.25) is 4.90 Å². The largest absolute Gasteiger partial charge is 0.348 e. The summed E-state index contributed by atoms with van der Waals surface area (Å²) < 4.78 is 0. The molecule has 1 atom stereocenters. The van der Waals surface area contributed by atoms with Crippen molar-refractivity contribution in [2.45, 2.75) is 32.2 Å². The summed E-state index contributed by atoms with van der Waals surface area (Å²) in [5.41, 5.74) is 1.18. The molecule has 2 aromatic rings. The highest BCUT2D eigenvalue weighted by Crippen LogP contribution is 2.25. The second-order valence-electron chi connectivity index (χ2n) is 5.14. The van der Waals surface area contributed by atoms with Gasteiger partial charge in [0.1, 0.15) is 11.6 Å². The smallest absolute Gasteiger partial charge is 0.125 e. The summed E-state index contributed by atoms with van der Waals surface area (Å²) in [6, 6.07) is 2.05. The van der Waals surface area contributed by atoms with Gasteiger partial charge < -0.3 is 4.98 Å². The maximum Gasteiger partial charge on any atom is 0.125 e. The first-order valence-electron chi connectivity index (χ1n) is 6.81. The van der Waals surface area contributed by atoms with Gasteiger partial charge in [0.25, 0.3) is 0 Å². The van der Waals surface area contributed by atoms with E-state index in [4.69, 9.17) is 0 Å². The molecular formula is C14H19N5. The van der Waals surface area contributed by atoms with Gasteiger partial charge in [-0.05, 0) is 32.4 Å². The number of imidazole rings is 1. The van der Waals surface area contributed by atoms with Crippen molar-refractivity contribution in [1.29, 1.82) is 0 Å². The average Bonchev–Trinajstić information content (AvgIpc) is 2.92. The van der Waals surface area contributed by atoms with Gasteiger partial charge in [-0.25, -0.2) is 15.0 Å². The van der Waals surface area contributed by atoms with Gasteiger partial charge in [0.2, 0.25) is 0 Å². The molecule has 1 N–H and O–H groups in total. The molecule has 3 rings (SSSR count). The molecule has 0 spiro atoms. The van der Waals surface area contributed by atoms with E-state index in [0.717, 1.165) is 31.3 Å². The first-order chi connectivity index (χ1) is 9.31. The highest BCUT2D eigenvalue weighted by molar-refractivity contribution is 5.10. The van der Waals surface area contributed by atoms with Crippen molar-refractivity contribution in [2.75, 3.05) is 13.1 Å². The molecule has 1 aliphatic rings. The van der Waals surface area contributed by atoms with Gasteiger partial charge in [-0.1, -0.05) is 0 Å². The molecule has 0 saturated carbocycles. The van der Waals surface area contributed by atoms with E-state index < -0.39 is 0 Å². The molecule has 1 saturated heterocycles. The Hall–Kier alpha value is -1.75. The second-order valence-corrected chi connectivity index (χ2v) is 5.14. The summed E-state index contributed by atoms with van der Waals surface area (Å²) in [6.07, 6.45) is 7.98. The van der Waals surface area contributed by atoms with Crippen LogP contribution in [0.1, 0.15) is 36.1 Å². The van der Waals surface area contributed by atoms with Gasteiger partial charge in [0.15, 0.2) is 0 Å². The van der Waals surface area contributed by atoms with E-state index >= 15 is 0 Å². The summed E-state index contributed by atoms with van der Waals surface area (Å²) in [4.78, 5) is 18.7.